The topological polar surface area (TPSA) is 58.6 Å². The molecular formula is C23H22N2O3. The molecule has 1 N–H and O–H groups in total. The van der Waals surface area contributed by atoms with Gasteiger partial charge in [-0.1, -0.05) is 48.5 Å². The fourth-order valence-electron chi connectivity index (χ4n) is 5.99. The minimum atomic E-state index is -0.694. The van der Waals surface area contributed by atoms with E-state index in [1.54, 1.807) is 0 Å². The fourth-order valence-corrected chi connectivity index (χ4v) is 5.99. The van der Waals surface area contributed by atoms with Crippen LogP contribution in [0.5, 0.6) is 0 Å². The van der Waals surface area contributed by atoms with Crippen LogP contribution in [0.15, 0.2) is 54.6 Å². The molecule has 2 amide bonds. The number of ether oxygens (including phenoxy) is 1. The molecule has 1 saturated carbocycles. The van der Waals surface area contributed by atoms with Crippen molar-refractivity contribution in [1.29, 1.82) is 0 Å². The van der Waals surface area contributed by atoms with E-state index in [4.69, 9.17) is 4.74 Å². The highest BCUT2D eigenvalue weighted by molar-refractivity contribution is 6.07. The number of para-hydroxylation sites is 1. The van der Waals surface area contributed by atoms with Gasteiger partial charge in [0.2, 0.25) is 11.8 Å². The highest BCUT2D eigenvalue weighted by atomic mass is 16.5. The number of fused-ring (bicyclic) bond motifs is 2. The number of carbonyl (C=O) groups excluding carboxylic acids is 2. The van der Waals surface area contributed by atoms with Crippen LogP contribution in [0.3, 0.4) is 0 Å². The van der Waals surface area contributed by atoms with Gasteiger partial charge in [0.25, 0.3) is 0 Å². The van der Waals surface area contributed by atoms with E-state index in [1.165, 1.54) is 0 Å². The molecule has 142 valence electrons. The first kappa shape index (κ1) is 16.3. The fraction of sp³-hybridized carbons (Fsp3) is 0.391. The standard InChI is InChI=1S/C23H22N2O3/c26-21-15-10-20-23(17-8-4-5-9-18(17)24-22(23)27)11-19(16(15)13-28-20)25(21)12-14-6-2-1-3-7-14/h1-9,15-16,19-20H,10-13H2,(H,24,27)/t15-,16+,19+,20-,23+/m0/s1. The Kier molecular flexibility index (Phi) is 3.30. The van der Waals surface area contributed by atoms with Crippen molar-refractivity contribution < 1.29 is 14.3 Å². The molecule has 7 rings (SSSR count). The first-order valence-electron chi connectivity index (χ1n) is 10.1. The maximum atomic E-state index is 13.3. The predicted octanol–water partition coefficient (Wildman–Crippen LogP) is 2.71. The third-order valence-corrected chi connectivity index (χ3v) is 7.31. The van der Waals surface area contributed by atoms with Crippen molar-refractivity contribution in [3.8, 4) is 0 Å². The number of rotatable bonds is 2. The van der Waals surface area contributed by atoms with Gasteiger partial charge in [-0.15, -0.1) is 0 Å². The van der Waals surface area contributed by atoms with Crippen molar-refractivity contribution in [2.24, 2.45) is 11.8 Å². The minimum absolute atomic E-state index is 0.0269. The summed E-state index contributed by atoms with van der Waals surface area (Å²) in [4.78, 5) is 28.5. The number of anilines is 1. The van der Waals surface area contributed by atoms with Gasteiger partial charge in [-0.2, -0.15) is 0 Å². The molecule has 5 aliphatic rings. The number of hydrogen-bond donors (Lipinski definition) is 1. The summed E-state index contributed by atoms with van der Waals surface area (Å²) in [5.74, 6) is 0.396. The van der Waals surface area contributed by atoms with Gasteiger partial charge in [-0.05, 0) is 30.0 Å². The van der Waals surface area contributed by atoms with Gasteiger partial charge >= 0.3 is 0 Å². The van der Waals surface area contributed by atoms with E-state index in [9.17, 15) is 9.59 Å². The third-order valence-electron chi connectivity index (χ3n) is 7.31. The lowest BCUT2D eigenvalue weighted by Crippen LogP contribution is -2.51. The molecule has 4 fully saturated rings. The van der Waals surface area contributed by atoms with Crippen LogP contribution in [0.2, 0.25) is 0 Å². The monoisotopic (exact) mass is 374 g/mol. The number of nitrogens with one attached hydrogen (secondary N) is 1. The van der Waals surface area contributed by atoms with E-state index in [-0.39, 0.29) is 35.8 Å². The summed E-state index contributed by atoms with van der Waals surface area (Å²) in [7, 11) is 0. The summed E-state index contributed by atoms with van der Waals surface area (Å²) in [6.07, 6.45) is 1.04. The van der Waals surface area contributed by atoms with Crippen molar-refractivity contribution >= 4 is 17.5 Å². The van der Waals surface area contributed by atoms with E-state index in [0.717, 1.165) is 16.8 Å². The summed E-state index contributed by atoms with van der Waals surface area (Å²) in [6, 6.07) is 18.1. The van der Waals surface area contributed by atoms with Gasteiger partial charge in [0.1, 0.15) is 5.41 Å². The molecule has 0 unspecified atom stereocenters. The lowest BCUT2D eigenvalue weighted by Gasteiger charge is -2.39. The summed E-state index contributed by atoms with van der Waals surface area (Å²) in [6.45, 7) is 1.16. The van der Waals surface area contributed by atoms with E-state index in [1.807, 2.05) is 47.4 Å². The van der Waals surface area contributed by atoms with E-state index >= 15 is 0 Å². The molecule has 2 aromatic carbocycles. The largest absolute Gasteiger partial charge is 0.376 e. The quantitative estimate of drug-likeness (QED) is 0.879. The normalized spacial score (nSPS) is 35.2. The Balaban J connectivity index is 1.44. The molecule has 0 aromatic heterocycles. The zero-order valence-corrected chi connectivity index (χ0v) is 15.5. The van der Waals surface area contributed by atoms with E-state index in [0.29, 0.717) is 26.0 Å². The van der Waals surface area contributed by atoms with E-state index < -0.39 is 5.41 Å². The molecule has 4 aliphatic heterocycles. The first-order valence-corrected chi connectivity index (χ1v) is 10.1. The van der Waals surface area contributed by atoms with Crippen LogP contribution in [0.4, 0.5) is 5.69 Å². The first-order chi connectivity index (χ1) is 13.7. The highest BCUT2D eigenvalue weighted by Crippen LogP contribution is 2.56. The third kappa shape index (κ3) is 2.00. The van der Waals surface area contributed by atoms with Crippen LogP contribution in [0.1, 0.15) is 24.0 Å². The SMILES string of the molecule is O=C1[C@H]2C[C@@H]3OC[C@H]2[C@@H](C[C@]32C(=O)Nc3ccccc32)N1Cc1ccccc1. The number of hydrogen-bond acceptors (Lipinski definition) is 3. The van der Waals surface area contributed by atoms with Crippen molar-refractivity contribution in [1.82, 2.24) is 4.90 Å². The van der Waals surface area contributed by atoms with Crippen LogP contribution in [-0.2, 0) is 26.3 Å². The Morgan fingerprint density at radius 2 is 1.86 bits per heavy atom. The molecule has 4 bridgehead atoms. The van der Waals surface area contributed by atoms with Gasteiger partial charge in [0.15, 0.2) is 0 Å². The number of amides is 2. The summed E-state index contributed by atoms with van der Waals surface area (Å²) in [5.41, 5.74) is 2.35. The molecule has 28 heavy (non-hydrogen) atoms. The van der Waals surface area contributed by atoms with Gasteiger partial charge in [-0.25, -0.2) is 0 Å². The predicted molar refractivity (Wildman–Crippen MR) is 103 cm³/mol. The van der Waals surface area contributed by atoms with Crippen LogP contribution in [0, 0.1) is 11.8 Å². The van der Waals surface area contributed by atoms with Crippen LogP contribution in [-0.4, -0.2) is 35.5 Å². The smallest absolute Gasteiger partial charge is 0.237 e. The molecule has 0 radical (unpaired) electrons. The van der Waals surface area contributed by atoms with Crippen molar-refractivity contribution in [3.05, 3.63) is 65.7 Å². The second-order valence-corrected chi connectivity index (χ2v) is 8.52. The number of carbonyl (C=O) groups is 2. The second-order valence-electron chi connectivity index (χ2n) is 8.52. The maximum absolute atomic E-state index is 13.3. The lowest BCUT2D eigenvalue weighted by molar-refractivity contribution is -0.143. The van der Waals surface area contributed by atoms with Crippen molar-refractivity contribution in [2.45, 2.75) is 36.9 Å². The Bertz CT molecular complexity index is 975. The van der Waals surface area contributed by atoms with Crippen LogP contribution < -0.4 is 5.32 Å². The number of benzene rings is 2. The Morgan fingerprint density at radius 1 is 1.07 bits per heavy atom. The molecule has 5 heteroatoms. The molecule has 1 spiro atoms. The maximum Gasteiger partial charge on any atom is 0.237 e. The Hall–Kier alpha value is -2.66. The summed E-state index contributed by atoms with van der Waals surface area (Å²) >= 11 is 0. The molecular weight excluding hydrogens is 352 g/mol. The highest BCUT2D eigenvalue weighted by Gasteiger charge is 2.65. The molecule has 5 nitrogen and oxygen atoms in total. The average Bonchev–Trinajstić information content (AvgIpc) is 3.00. The minimum Gasteiger partial charge on any atom is -0.376 e. The van der Waals surface area contributed by atoms with E-state index in [2.05, 4.69) is 17.4 Å². The number of nitrogens with zero attached hydrogens (tertiary/aromatic N) is 1. The second kappa shape index (κ2) is 5.67. The lowest BCUT2D eigenvalue weighted by atomic mass is 9.71. The molecule has 4 heterocycles. The Morgan fingerprint density at radius 3 is 2.71 bits per heavy atom. The molecule has 1 aliphatic carbocycles. The molecule has 5 atom stereocenters. The zero-order valence-electron chi connectivity index (χ0n) is 15.5. The van der Waals surface area contributed by atoms with Gasteiger partial charge in [0, 0.05) is 30.1 Å². The number of likely N-dealkylation sites (tertiary alicyclic amines) is 1. The van der Waals surface area contributed by atoms with Crippen LogP contribution >= 0.6 is 0 Å². The molecule has 2 aromatic rings. The molecule has 3 saturated heterocycles. The summed E-state index contributed by atoms with van der Waals surface area (Å²) in [5, 5.41) is 3.08. The zero-order chi connectivity index (χ0) is 18.9. The van der Waals surface area contributed by atoms with Crippen molar-refractivity contribution in [3.63, 3.8) is 0 Å². The summed E-state index contributed by atoms with van der Waals surface area (Å²) < 4.78 is 6.25. The average molecular weight is 374 g/mol. The van der Waals surface area contributed by atoms with Gasteiger partial charge < -0.3 is 15.0 Å². The Labute approximate surface area is 163 Å². The van der Waals surface area contributed by atoms with Crippen LogP contribution in [0.25, 0.3) is 0 Å². The van der Waals surface area contributed by atoms with Crippen molar-refractivity contribution in [2.75, 3.05) is 11.9 Å². The van der Waals surface area contributed by atoms with Gasteiger partial charge in [-0.3, -0.25) is 9.59 Å². The van der Waals surface area contributed by atoms with Gasteiger partial charge in [0.05, 0.1) is 12.7 Å².